The van der Waals surface area contributed by atoms with E-state index in [0.717, 1.165) is 32.8 Å². The van der Waals surface area contributed by atoms with Gasteiger partial charge in [-0.25, -0.2) is 5.43 Å². The number of carbonyl (C=O) groups excluding carboxylic acids is 1. The third-order valence-corrected chi connectivity index (χ3v) is 6.53. The molecule has 36 heavy (non-hydrogen) atoms. The van der Waals surface area contributed by atoms with Crippen LogP contribution in [0.15, 0.2) is 87.5 Å². The van der Waals surface area contributed by atoms with Gasteiger partial charge in [0, 0.05) is 11.3 Å². The van der Waals surface area contributed by atoms with Crippen molar-refractivity contribution in [3.8, 4) is 28.6 Å². The molecule has 0 saturated heterocycles. The maximum atomic E-state index is 12.5. The lowest BCUT2D eigenvalue weighted by molar-refractivity contribution is -0.118. The molecule has 4 aromatic rings. The summed E-state index contributed by atoms with van der Waals surface area (Å²) in [6.07, 6.45) is 1.57. The molecule has 1 N–H and O–H groups in total. The number of benzene rings is 3. The third kappa shape index (κ3) is 6.32. The fraction of sp³-hybridized carbons (Fsp3) is 0.154. The van der Waals surface area contributed by atoms with Gasteiger partial charge in [-0.3, -0.25) is 9.36 Å². The molecule has 1 aromatic heterocycles. The van der Waals surface area contributed by atoms with Gasteiger partial charge in [0.2, 0.25) is 0 Å². The largest absolute Gasteiger partial charge is 0.496 e. The maximum Gasteiger partial charge on any atom is 0.250 e. The van der Waals surface area contributed by atoms with Gasteiger partial charge in [0.15, 0.2) is 11.0 Å². The molecule has 0 aliphatic carbocycles. The minimum Gasteiger partial charge on any atom is -0.496 e. The second-order valence-corrected chi connectivity index (χ2v) is 9.21. The first-order chi connectivity index (χ1) is 17.6. The van der Waals surface area contributed by atoms with E-state index in [9.17, 15) is 4.79 Å². The average Bonchev–Trinajstić information content (AvgIpc) is 3.33. The number of hydrogen-bond donors (Lipinski definition) is 1. The van der Waals surface area contributed by atoms with Crippen LogP contribution in [0.3, 0.4) is 0 Å². The Labute approximate surface area is 221 Å². The van der Waals surface area contributed by atoms with Crippen LogP contribution in [0.1, 0.15) is 12.5 Å². The van der Waals surface area contributed by atoms with E-state index in [1.54, 1.807) is 13.3 Å². The highest BCUT2D eigenvalue weighted by molar-refractivity contribution is 9.10. The average molecular weight is 566 g/mol. The summed E-state index contributed by atoms with van der Waals surface area (Å²) in [6, 6.07) is 23.0. The fourth-order valence-corrected chi connectivity index (χ4v) is 4.64. The minimum absolute atomic E-state index is 0.119. The first kappa shape index (κ1) is 25.5. The number of methoxy groups -OCH3 is 1. The number of nitrogens with one attached hydrogen (secondary N) is 1. The molecule has 0 bridgehead atoms. The standard InChI is InChI=1S/C26H24BrN5O3S/c1-3-35-21-12-10-20(11-13-21)32-25(19-7-5-4-6-8-19)30-31-26(32)36-17-24(33)29-28-16-18-9-14-23(34-2)22(27)15-18/h4-16H,3,17H2,1-2H3,(H,29,33). The molecule has 184 valence electrons. The Hall–Kier alpha value is -3.63. The molecule has 0 saturated carbocycles. The van der Waals surface area contributed by atoms with Gasteiger partial charge in [-0.2, -0.15) is 5.10 Å². The van der Waals surface area contributed by atoms with E-state index in [1.165, 1.54) is 11.8 Å². The van der Waals surface area contributed by atoms with Crippen molar-refractivity contribution >= 4 is 39.8 Å². The molecule has 0 aliphatic rings. The predicted molar refractivity (Wildman–Crippen MR) is 145 cm³/mol. The third-order valence-electron chi connectivity index (χ3n) is 4.98. The second-order valence-electron chi connectivity index (χ2n) is 7.41. The molecule has 0 atom stereocenters. The summed E-state index contributed by atoms with van der Waals surface area (Å²) >= 11 is 4.72. The van der Waals surface area contributed by atoms with Gasteiger partial charge >= 0.3 is 0 Å². The van der Waals surface area contributed by atoms with Crippen molar-refractivity contribution in [3.63, 3.8) is 0 Å². The van der Waals surface area contributed by atoms with Gasteiger partial charge in [0.1, 0.15) is 11.5 Å². The van der Waals surface area contributed by atoms with Gasteiger partial charge < -0.3 is 9.47 Å². The fourth-order valence-electron chi connectivity index (χ4n) is 3.33. The van der Waals surface area contributed by atoms with E-state index in [1.807, 2.05) is 84.3 Å². The van der Waals surface area contributed by atoms with Gasteiger partial charge in [0.25, 0.3) is 5.91 Å². The molecule has 0 aliphatic heterocycles. The minimum atomic E-state index is -0.258. The summed E-state index contributed by atoms with van der Waals surface area (Å²) in [5, 5.41) is 13.4. The molecule has 8 nitrogen and oxygen atoms in total. The first-order valence-corrected chi connectivity index (χ1v) is 12.9. The van der Waals surface area contributed by atoms with E-state index in [0.29, 0.717) is 17.6 Å². The Balaban J connectivity index is 1.48. The summed E-state index contributed by atoms with van der Waals surface area (Å²) in [5.74, 6) is 2.05. The highest BCUT2D eigenvalue weighted by Crippen LogP contribution is 2.29. The van der Waals surface area contributed by atoms with Gasteiger partial charge in [0.05, 0.1) is 30.2 Å². The molecule has 0 radical (unpaired) electrons. The van der Waals surface area contributed by atoms with Crippen LogP contribution in [0.5, 0.6) is 11.5 Å². The molecule has 10 heteroatoms. The van der Waals surface area contributed by atoms with E-state index in [2.05, 4.69) is 36.7 Å². The highest BCUT2D eigenvalue weighted by Gasteiger charge is 2.17. The van der Waals surface area contributed by atoms with E-state index in [4.69, 9.17) is 9.47 Å². The van der Waals surface area contributed by atoms with E-state index < -0.39 is 0 Å². The zero-order chi connectivity index (χ0) is 25.3. The summed E-state index contributed by atoms with van der Waals surface area (Å²) in [5.41, 5.74) is 5.17. The number of nitrogens with zero attached hydrogens (tertiary/aromatic N) is 4. The molecular formula is C26H24BrN5O3S. The molecule has 1 amide bonds. The topological polar surface area (TPSA) is 90.6 Å². The molecule has 0 spiro atoms. The van der Waals surface area contributed by atoms with Crippen molar-refractivity contribution in [2.75, 3.05) is 19.5 Å². The molecular weight excluding hydrogens is 542 g/mol. The number of thioether (sulfide) groups is 1. The van der Waals surface area contributed by atoms with E-state index >= 15 is 0 Å². The Morgan fingerprint density at radius 3 is 2.58 bits per heavy atom. The van der Waals surface area contributed by atoms with Gasteiger partial charge in [-0.15, -0.1) is 10.2 Å². The maximum absolute atomic E-state index is 12.5. The summed E-state index contributed by atoms with van der Waals surface area (Å²) < 4.78 is 13.5. The van der Waals surface area contributed by atoms with Crippen LogP contribution in [0.25, 0.3) is 17.1 Å². The number of amides is 1. The number of ether oxygens (including phenoxy) is 2. The summed E-state index contributed by atoms with van der Waals surface area (Å²) in [6.45, 7) is 2.54. The molecule has 1 heterocycles. The number of hydrazone groups is 1. The zero-order valence-corrected chi connectivity index (χ0v) is 22.1. The second kappa shape index (κ2) is 12.4. The van der Waals surface area contributed by atoms with Crippen LogP contribution >= 0.6 is 27.7 Å². The lowest BCUT2D eigenvalue weighted by Crippen LogP contribution is -2.20. The van der Waals surface area contributed by atoms with Crippen molar-refractivity contribution in [2.45, 2.75) is 12.1 Å². The van der Waals surface area contributed by atoms with E-state index in [-0.39, 0.29) is 11.7 Å². The number of aromatic nitrogens is 3. The SMILES string of the molecule is CCOc1ccc(-n2c(SCC(=O)NN=Cc3ccc(OC)c(Br)c3)nnc2-c2ccccc2)cc1. The molecule has 3 aromatic carbocycles. The summed E-state index contributed by atoms with van der Waals surface area (Å²) in [7, 11) is 1.60. The van der Waals surface area contributed by atoms with Crippen LogP contribution in [0.4, 0.5) is 0 Å². The summed E-state index contributed by atoms with van der Waals surface area (Å²) in [4.78, 5) is 12.5. The number of halogens is 1. The normalized spacial score (nSPS) is 11.0. The Kier molecular flexibility index (Phi) is 8.75. The monoisotopic (exact) mass is 565 g/mol. The molecule has 0 unspecified atom stereocenters. The van der Waals surface area contributed by atoms with Crippen LogP contribution in [0.2, 0.25) is 0 Å². The smallest absolute Gasteiger partial charge is 0.250 e. The highest BCUT2D eigenvalue weighted by atomic mass is 79.9. The number of rotatable bonds is 10. The quantitative estimate of drug-likeness (QED) is 0.158. The Bertz CT molecular complexity index is 1340. The van der Waals surface area contributed by atoms with Crippen molar-refractivity contribution < 1.29 is 14.3 Å². The van der Waals surface area contributed by atoms with Crippen LogP contribution in [-0.4, -0.2) is 46.4 Å². The van der Waals surface area contributed by atoms with Crippen LogP contribution in [0, 0.1) is 0 Å². The lowest BCUT2D eigenvalue weighted by atomic mass is 10.2. The molecule has 4 rings (SSSR count). The Morgan fingerprint density at radius 2 is 1.89 bits per heavy atom. The number of hydrogen-bond acceptors (Lipinski definition) is 7. The first-order valence-electron chi connectivity index (χ1n) is 11.1. The van der Waals surface area contributed by atoms with Gasteiger partial charge in [-0.1, -0.05) is 42.1 Å². The zero-order valence-electron chi connectivity index (χ0n) is 19.7. The number of carbonyl (C=O) groups is 1. The van der Waals surface area contributed by atoms with Crippen LogP contribution in [-0.2, 0) is 4.79 Å². The Morgan fingerprint density at radius 1 is 1.11 bits per heavy atom. The van der Waals surface area contributed by atoms with Crippen molar-refractivity contribution in [1.82, 2.24) is 20.2 Å². The predicted octanol–water partition coefficient (Wildman–Crippen LogP) is 5.35. The van der Waals surface area contributed by atoms with Crippen LogP contribution < -0.4 is 14.9 Å². The van der Waals surface area contributed by atoms with Crippen molar-refractivity contribution in [1.29, 1.82) is 0 Å². The van der Waals surface area contributed by atoms with Crippen molar-refractivity contribution in [2.24, 2.45) is 5.10 Å². The molecule has 0 fully saturated rings. The lowest BCUT2D eigenvalue weighted by Gasteiger charge is -2.11. The van der Waals surface area contributed by atoms with Gasteiger partial charge in [-0.05, 0) is 70.9 Å². The van der Waals surface area contributed by atoms with Crippen molar-refractivity contribution in [3.05, 3.63) is 82.8 Å².